The van der Waals surface area contributed by atoms with Gasteiger partial charge < -0.3 is 4.74 Å². The molecule has 0 bridgehead atoms. The summed E-state index contributed by atoms with van der Waals surface area (Å²) in [7, 11) is 0. The van der Waals surface area contributed by atoms with Gasteiger partial charge in [0.1, 0.15) is 5.75 Å². The molecule has 0 amide bonds. The fourth-order valence-electron chi connectivity index (χ4n) is 2.02. The number of fused-ring (bicyclic) bond motifs is 1. The maximum Gasteiger partial charge on any atom is 0.144 e. The maximum atomic E-state index is 5.66. The summed E-state index contributed by atoms with van der Waals surface area (Å²) in [5.74, 6) is 1.00. The molecule has 2 heterocycles. The number of hydrogen-bond donors (Lipinski definition) is 0. The number of hydrogen-bond acceptors (Lipinski definition) is 2. The quantitative estimate of drug-likeness (QED) is 0.607. The Morgan fingerprint density at radius 1 is 1.38 bits per heavy atom. The Bertz CT molecular complexity index is 355. The minimum Gasteiger partial charge on any atom is -0.490 e. The standard InChI is InChI=1S/C11H15NO/c1-7-5-12-8(2)10-9(7)11(3,4)6-13-10/h5H,6H2,1-4H3. The van der Waals surface area contributed by atoms with Gasteiger partial charge in [0.2, 0.25) is 0 Å². The Balaban J connectivity index is 2.70. The largest absolute Gasteiger partial charge is 0.490 e. The number of aromatic nitrogens is 1. The third kappa shape index (κ3) is 1.12. The molecule has 2 rings (SSSR count). The molecule has 0 spiro atoms. The van der Waals surface area contributed by atoms with Crippen LogP contribution in [-0.4, -0.2) is 11.6 Å². The molecule has 0 radical (unpaired) electrons. The second-order valence-corrected chi connectivity index (χ2v) is 4.40. The molecule has 0 saturated carbocycles. The summed E-state index contributed by atoms with van der Waals surface area (Å²) in [6.45, 7) is 9.30. The summed E-state index contributed by atoms with van der Waals surface area (Å²) < 4.78 is 5.66. The van der Waals surface area contributed by atoms with Gasteiger partial charge in [-0.3, -0.25) is 4.98 Å². The van der Waals surface area contributed by atoms with Crippen LogP contribution in [0.5, 0.6) is 5.75 Å². The lowest BCUT2D eigenvalue weighted by atomic mass is 9.84. The van der Waals surface area contributed by atoms with Crippen molar-refractivity contribution in [2.45, 2.75) is 33.1 Å². The second kappa shape index (κ2) is 2.47. The maximum absolute atomic E-state index is 5.66. The van der Waals surface area contributed by atoms with Crippen molar-refractivity contribution in [3.63, 3.8) is 0 Å². The molecule has 1 aliphatic rings. The Morgan fingerprint density at radius 3 is 2.69 bits per heavy atom. The highest BCUT2D eigenvalue weighted by Crippen LogP contribution is 2.41. The molecule has 0 N–H and O–H groups in total. The van der Waals surface area contributed by atoms with Crippen molar-refractivity contribution in [3.05, 3.63) is 23.0 Å². The van der Waals surface area contributed by atoms with Gasteiger partial charge in [0.25, 0.3) is 0 Å². The molecule has 70 valence electrons. The topological polar surface area (TPSA) is 22.1 Å². The zero-order valence-corrected chi connectivity index (χ0v) is 8.64. The molecule has 13 heavy (non-hydrogen) atoms. The molecule has 0 unspecified atom stereocenters. The van der Waals surface area contributed by atoms with E-state index in [0.29, 0.717) is 0 Å². The van der Waals surface area contributed by atoms with Crippen molar-refractivity contribution in [3.8, 4) is 5.75 Å². The lowest BCUT2D eigenvalue weighted by molar-refractivity contribution is 0.289. The van der Waals surface area contributed by atoms with Gasteiger partial charge in [0, 0.05) is 17.2 Å². The van der Waals surface area contributed by atoms with Crippen molar-refractivity contribution >= 4 is 0 Å². The normalized spacial score (nSPS) is 18.2. The van der Waals surface area contributed by atoms with Crippen LogP contribution in [0.4, 0.5) is 0 Å². The zero-order valence-electron chi connectivity index (χ0n) is 8.64. The van der Waals surface area contributed by atoms with Gasteiger partial charge in [0.05, 0.1) is 12.3 Å². The van der Waals surface area contributed by atoms with Crippen molar-refractivity contribution in [1.82, 2.24) is 4.98 Å². The van der Waals surface area contributed by atoms with Gasteiger partial charge in [-0.1, -0.05) is 13.8 Å². The predicted molar refractivity (Wildman–Crippen MR) is 52.2 cm³/mol. The molecule has 0 aromatic carbocycles. The van der Waals surface area contributed by atoms with Crippen molar-refractivity contribution < 1.29 is 4.74 Å². The zero-order chi connectivity index (χ0) is 9.64. The van der Waals surface area contributed by atoms with Crippen LogP contribution >= 0.6 is 0 Å². The van der Waals surface area contributed by atoms with E-state index in [4.69, 9.17) is 4.74 Å². The summed E-state index contributed by atoms with van der Waals surface area (Å²) >= 11 is 0. The molecular formula is C11H15NO. The molecule has 1 aromatic rings. The highest BCUT2D eigenvalue weighted by atomic mass is 16.5. The number of ether oxygens (including phenoxy) is 1. The van der Waals surface area contributed by atoms with Crippen molar-refractivity contribution in [2.24, 2.45) is 0 Å². The lowest BCUT2D eigenvalue weighted by Crippen LogP contribution is -2.19. The van der Waals surface area contributed by atoms with E-state index < -0.39 is 0 Å². The van der Waals surface area contributed by atoms with E-state index in [9.17, 15) is 0 Å². The van der Waals surface area contributed by atoms with E-state index in [-0.39, 0.29) is 5.41 Å². The Morgan fingerprint density at radius 2 is 2.08 bits per heavy atom. The predicted octanol–water partition coefficient (Wildman–Crippen LogP) is 2.37. The average molecular weight is 177 g/mol. The molecule has 2 heteroatoms. The smallest absolute Gasteiger partial charge is 0.144 e. The first kappa shape index (κ1) is 8.54. The third-order valence-electron chi connectivity index (χ3n) is 2.66. The first-order valence-electron chi connectivity index (χ1n) is 4.62. The fourth-order valence-corrected chi connectivity index (χ4v) is 2.02. The molecule has 0 aliphatic carbocycles. The van der Waals surface area contributed by atoms with Gasteiger partial charge in [0.15, 0.2) is 0 Å². The SMILES string of the molecule is Cc1cnc(C)c2c1C(C)(C)CO2. The van der Waals surface area contributed by atoms with Gasteiger partial charge in [-0.2, -0.15) is 0 Å². The molecular weight excluding hydrogens is 162 g/mol. The summed E-state index contributed by atoms with van der Waals surface area (Å²) in [6.07, 6.45) is 1.94. The molecule has 1 aromatic heterocycles. The van der Waals surface area contributed by atoms with Gasteiger partial charge in [-0.05, 0) is 19.4 Å². The number of nitrogens with zero attached hydrogens (tertiary/aromatic N) is 1. The van der Waals surface area contributed by atoms with E-state index in [1.807, 2.05) is 13.1 Å². The van der Waals surface area contributed by atoms with Crippen LogP contribution in [0.1, 0.15) is 30.7 Å². The van der Waals surface area contributed by atoms with Crippen LogP contribution in [0.2, 0.25) is 0 Å². The molecule has 1 aliphatic heterocycles. The Labute approximate surface area is 78.9 Å². The first-order chi connectivity index (χ1) is 6.02. The van der Waals surface area contributed by atoms with E-state index in [2.05, 4.69) is 25.8 Å². The number of aryl methyl sites for hydroxylation is 2. The van der Waals surface area contributed by atoms with Crippen molar-refractivity contribution in [1.29, 1.82) is 0 Å². The Hall–Kier alpha value is -1.05. The monoisotopic (exact) mass is 177 g/mol. The van der Waals surface area contributed by atoms with E-state index in [1.165, 1.54) is 11.1 Å². The van der Waals surface area contributed by atoms with Gasteiger partial charge >= 0.3 is 0 Å². The van der Waals surface area contributed by atoms with Gasteiger partial charge in [-0.25, -0.2) is 0 Å². The van der Waals surface area contributed by atoms with Crippen LogP contribution in [0.25, 0.3) is 0 Å². The van der Waals surface area contributed by atoms with Crippen LogP contribution in [0.3, 0.4) is 0 Å². The summed E-state index contributed by atoms with van der Waals surface area (Å²) in [6, 6.07) is 0. The average Bonchev–Trinajstić information content (AvgIpc) is 2.36. The highest BCUT2D eigenvalue weighted by molar-refractivity contribution is 5.48. The summed E-state index contributed by atoms with van der Waals surface area (Å²) in [5.41, 5.74) is 3.72. The lowest BCUT2D eigenvalue weighted by Gasteiger charge is -2.17. The van der Waals surface area contributed by atoms with E-state index >= 15 is 0 Å². The first-order valence-corrected chi connectivity index (χ1v) is 4.62. The van der Waals surface area contributed by atoms with E-state index in [0.717, 1.165) is 18.1 Å². The van der Waals surface area contributed by atoms with Crippen LogP contribution in [0.15, 0.2) is 6.20 Å². The van der Waals surface area contributed by atoms with Crippen LogP contribution in [-0.2, 0) is 5.41 Å². The highest BCUT2D eigenvalue weighted by Gasteiger charge is 2.34. The molecule has 0 saturated heterocycles. The van der Waals surface area contributed by atoms with E-state index in [1.54, 1.807) is 0 Å². The van der Waals surface area contributed by atoms with Crippen molar-refractivity contribution in [2.75, 3.05) is 6.61 Å². The minimum absolute atomic E-state index is 0.146. The fraction of sp³-hybridized carbons (Fsp3) is 0.545. The second-order valence-electron chi connectivity index (χ2n) is 4.40. The molecule has 2 nitrogen and oxygen atoms in total. The minimum atomic E-state index is 0.146. The summed E-state index contributed by atoms with van der Waals surface area (Å²) in [5, 5.41) is 0. The third-order valence-corrected chi connectivity index (χ3v) is 2.66. The molecule has 0 atom stereocenters. The molecule has 0 fully saturated rings. The van der Waals surface area contributed by atoms with Crippen LogP contribution < -0.4 is 4.74 Å². The Kier molecular flexibility index (Phi) is 1.62. The summed E-state index contributed by atoms with van der Waals surface area (Å²) in [4.78, 5) is 4.29. The van der Waals surface area contributed by atoms with Gasteiger partial charge in [-0.15, -0.1) is 0 Å². The number of rotatable bonds is 0. The number of pyridine rings is 1. The van der Waals surface area contributed by atoms with Crippen LogP contribution in [0, 0.1) is 13.8 Å².